The number of para-hydroxylation sites is 2. The van der Waals surface area contributed by atoms with Crippen molar-refractivity contribution in [1.82, 2.24) is 29.9 Å². The van der Waals surface area contributed by atoms with Crippen LogP contribution in [0.3, 0.4) is 0 Å². The topological polar surface area (TPSA) is 91.5 Å². The number of carbonyl (C=O) groups is 1. The lowest BCUT2D eigenvalue weighted by Gasteiger charge is -2.37. The minimum Gasteiger partial charge on any atom is -0.368 e. The van der Waals surface area contributed by atoms with Crippen LogP contribution < -0.4 is 10.2 Å². The molecule has 2 aromatic heterocycles. The van der Waals surface area contributed by atoms with Gasteiger partial charge in [0.05, 0.1) is 11.0 Å². The molecule has 3 heterocycles. The van der Waals surface area contributed by atoms with Gasteiger partial charge in [0.25, 0.3) is 5.91 Å². The third kappa shape index (κ3) is 3.98. The van der Waals surface area contributed by atoms with Gasteiger partial charge in [-0.05, 0) is 66.2 Å². The molecule has 6 rings (SSSR count). The molecule has 3 aromatic carbocycles. The van der Waals surface area contributed by atoms with Crippen molar-refractivity contribution in [3.8, 4) is 0 Å². The Hall–Kier alpha value is -4.53. The van der Waals surface area contributed by atoms with E-state index in [4.69, 9.17) is 4.98 Å². The van der Waals surface area contributed by atoms with E-state index in [1.807, 2.05) is 53.4 Å². The second kappa shape index (κ2) is 8.92. The molecule has 0 unspecified atom stereocenters. The summed E-state index contributed by atoms with van der Waals surface area (Å²) in [5.74, 6) is 0.560. The number of piperazine rings is 1. The Morgan fingerprint density at radius 3 is 2.58 bits per heavy atom. The summed E-state index contributed by atoms with van der Waals surface area (Å²) in [6.07, 6.45) is 0. The molecule has 0 atom stereocenters. The van der Waals surface area contributed by atoms with E-state index in [1.54, 1.807) is 4.52 Å². The van der Waals surface area contributed by atoms with Crippen LogP contribution >= 0.6 is 0 Å². The van der Waals surface area contributed by atoms with Crippen molar-refractivity contribution in [2.75, 3.05) is 36.4 Å². The summed E-state index contributed by atoms with van der Waals surface area (Å²) >= 11 is 0. The van der Waals surface area contributed by atoms with E-state index in [2.05, 4.69) is 57.8 Å². The molecule has 5 aromatic rings. The Kier molecular flexibility index (Phi) is 5.44. The quantitative estimate of drug-likeness (QED) is 0.418. The van der Waals surface area contributed by atoms with Gasteiger partial charge in [0.2, 0.25) is 5.65 Å². The lowest BCUT2D eigenvalue weighted by atomic mass is 10.1. The van der Waals surface area contributed by atoms with Crippen molar-refractivity contribution in [3.63, 3.8) is 0 Å². The van der Waals surface area contributed by atoms with Crippen molar-refractivity contribution in [1.29, 1.82) is 0 Å². The lowest BCUT2D eigenvalue weighted by Crippen LogP contribution is -2.49. The number of rotatable bonds is 4. The van der Waals surface area contributed by atoms with Crippen molar-refractivity contribution in [3.05, 3.63) is 83.4 Å². The molecule has 1 amide bonds. The highest BCUT2D eigenvalue weighted by molar-refractivity contribution is 5.95. The fraction of sp³-hybridized carbons (Fsp3) is 0.222. The van der Waals surface area contributed by atoms with Crippen molar-refractivity contribution < 1.29 is 4.79 Å². The highest BCUT2D eigenvalue weighted by Crippen LogP contribution is 2.25. The Morgan fingerprint density at radius 2 is 1.75 bits per heavy atom. The Labute approximate surface area is 208 Å². The van der Waals surface area contributed by atoms with Gasteiger partial charge in [0.1, 0.15) is 0 Å². The summed E-state index contributed by atoms with van der Waals surface area (Å²) in [6.45, 7) is 7.24. The number of nitrogens with one attached hydrogen (secondary N) is 1. The summed E-state index contributed by atoms with van der Waals surface area (Å²) < 4.78 is 1.66. The van der Waals surface area contributed by atoms with Gasteiger partial charge in [0, 0.05) is 43.1 Å². The van der Waals surface area contributed by atoms with Crippen LogP contribution in [0.1, 0.15) is 21.5 Å². The second-order valence-corrected chi connectivity index (χ2v) is 9.14. The number of nitrogens with zero attached hydrogens (tertiary/aromatic N) is 7. The van der Waals surface area contributed by atoms with Gasteiger partial charge in [-0.25, -0.2) is 4.98 Å². The normalized spacial score (nSPS) is 13.9. The smallest absolute Gasteiger partial charge is 0.254 e. The van der Waals surface area contributed by atoms with E-state index < -0.39 is 0 Å². The van der Waals surface area contributed by atoms with Gasteiger partial charge in [-0.1, -0.05) is 35.9 Å². The highest BCUT2D eigenvalue weighted by atomic mass is 16.2. The number of carbonyl (C=O) groups excluding carboxylic acids is 1. The summed E-state index contributed by atoms with van der Waals surface area (Å²) in [7, 11) is 0. The minimum atomic E-state index is 0.0275. The zero-order chi connectivity index (χ0) is 24.6. The second-order valence-electron chi connectivity index (χ2n) is 9.14. The predicted molar refractivity (Wildman–Crippen MR) is 140 cm³/mol. The molecule has 1 fully saturated rings. The third-order valence-electron chi connectivity index (χ3n) is 6.66. The van der Waals surface area contributed by atoms with E-state index in [0.717, 1.165) is 29.8 Å². The van der Waals surface area contributed by atoms with E-state index in [0.29, 0.717) is 30.1 Å². The third-order valence-corrected chi connectivity index (χ3v) is 6.66. The maximum absolute atomic E-state index is 13.3. The fourth-order valence-electron chi connectivity index (χ4n) is 4.85. The summed E-state index contributed by atoms with van der Waals surface area (Å²) in [5, 5.41) is 15.4. The maximum Gasteiger partial charge on any atom is 0.254 e. The fourth-order valence-corrected chi connectivity index (χ4v) is 4.85. The standard InChI is InChI=1S/C27H26N8O/c1-18-10-11-23(19(2)16-18)33-12-14-34(15-13-33)27(36)20-6-5-7-21(17-20)28-25-26-30-31-32-35(26)24-9-4-3-8-22(24)29-25/h3-11,16-17H,12-15H2,1-2H3,(H,28,29). The van der Waals surface area contributed by atoms with Crippen LogP contribution in [0.5, 0.6) is 0 Å². The van der Waals surface area contributed by atoms with Crippen LogP contribution in [-0.4, -0.2) is 62.0 Å². The average Bonchev–Trinajstić information content (AvgIpc) is 3.40. The molecule has 1 N–H and O–H groups in total. The number of aryl methyl sites for hydroxylation is 2. The lowest BCUT2D eigenvalue weighted by molar-refractivity contribution is 0.0747. The first kappa shape index (κ1) is 22.0. The summed E-state index contributed by atoms with van der Waals surface area (Å²) in [4.78, 5) is 22.3. The zero-order valence-electron chi connectivity index (χ0n) is 20.2. The molecule has 0 spiro atoms. The molecule has 180 valence electrons. The van der Waals surface area contributed by atoms with Gasteiger partial charge in [-0.3, -0.25) is 4.79 Å². The molecular weight excluding hydrogens is 452 g/mol. The number of hydrogen-bond acceptors (Lipinski definition) is 7. The first-order chi connectivity index (χ1) is 17.6. The van der Waals surface area contributed by atoms with Gasteiger partial charge in [-0.15, -0.1) is 5.10 Å². The van der Waals surface area contributed by atoms with Crippen molar-refractivity contribution >= 4 is 39.8 Å². The Morgan fingerprint density at radius 1 is 0.917 bits per heavy atom. The van der Waals surface area contributed by atoms with Crippen molar-refractivity contribution in [2.45, 2.75) is 13.8 Å². The van der Waals surface area contributed by atoms with Crippen LogP contribution in [0.2, 0.25) is 0 Å². The summed E-state index contributed by atoms with van der Waals surface area (Å²) in [5.41, 5.74) is 7.29. The molecule has 0 radical (unpaired) electrons. The van der Waals surface area contributed by atoms with Gasteiger partial charge >= 0.3 is 0 Å². The predicted octanol–water partition coefficient (Wildman–Crippen LogP) is 4.00. The SMILES string of the molecule is Cc1ccc(N2CCN(C(=O)c3cccc(Nc4nc5ccccc5n5nnnc45)c3)CC2)c(C)c1. The molecule has 1 aliphatic heterocycles. The highest BCUT2D eigenvalue weighted by Gasteiger charge is 2.23. The average molecular weight is 479 g/mol. The van der Waals surface area contributed by atoms with Crippen LogP contribution in [0.25, 0.3) is 16.7 Å². The molecule has 9 heteroatoms. The minimum absolute atomic E-state index is 0.0275. The zero-order valence-corrected chi connectivity index (χ0v) is 20.2. The number of benzene rings is 3. The molecule has 0 aliphatic carbocycles. The molecular formula is C27H26N8O. The molecule has 1 saturated heterocycles. The van der Waals surface area contributed by atoms with E-state index >= 15 is 0 Å². The number of amides is 1. The molecule has 0 saturated carbocycles. The van der Waals surface area contributed by atoms with E-state index in [9.17, 15) is 4.79 Å². The monoisotopic (exact) mass is 478 g/mol. The van der Waals surface area contributed by atoms with Crippen molar-refractivity contribution in [2.24, 2.45) is 0 Å². The number of anilines is 3. The van der Waals surface area contributed by atoms with Gasteiger partial charge in [0.15, 0.2) is 5.82 Å². The van der Waals surface area contributed by atoms with Gasteiger partial charge in [-0.2, -0.15) is 4.52 Å². The van der Waals surface area contributed by atoms with Crippen LogP contribution in [0.4, 0.5) is 17.2 Å². The number of aromatic nitrogens is 5. The molecule has 36 heavy (non-hydrogen) atoms. The Bertz CT molecular complexity index is 1590. The molecule has 1 aliphatic rings. The van der Waals surface area contributed by atoms with Crippen LogP contribution in [-0.2, 0) is 0 Å². The van der Waals surface area contributed by atoms with E-state index in [-0.39, 0.29) is 5.91 Å². The number of tetrazole rings is 1. The first-order valence-electron chi connectivity index (χ1n) is 12.0. The first-order valence-corrected chi connectivity index (χ1v) is 12.0. The number of hydrogen-bond donors (Lipinski definition) is 1. The molecule has 9 nitrogen and oxygen atoms in total. The summed E-state index contributed by atoms with van der Waals surface area (Å²) in [6, 6.07) is 21.7. The van der Waals surface area contributed by atoms with Crippen LogP contribution in [0, 0.1) is 13.8 Å². The van der Waals surface area contributed by atoms with Gasteiger partial charge < -0.3 is 15.1 Å². The van der Waals surface area contributed by atoms with E-state index in [1.165, 1.54) is 16.8 Å². The largest absolute Gasteiger partial charge is 0.368 e. The molecule has 0 bridgehead atoms. The van der Waals surface area contributed by atoms with Crippen LogP contribution in [0.15, 0.2) is 66.7 Å². The maximum atomic E-state index is 13.3. The number of fused-ring (bicyclic) bond motifs is 3. The Balaban J connectivity index is 1.20.